The number of nitrogens with zero attached hydrogens (tertiary/aromatic N) is 6. The van der Waals surface area contributed by atoms with Crippen molar-refractivity contribution < 1.29 is 4.79 Å². The number of rotatable bonds is 8. The number of benzene rings is 2. The fourth-order valence-electron chi connectivity index (χ4n) is 4.52. The van der Waals surface area contributed by atoms with E-state index in [1.165, 1.54) is 0 Å². The van der Waals surface area contributed by atoms with E-state index in [-0.39, 0.29) is 6.04 Å². The molecule has 2 aromatic heterocycles. The summed E-state index contributed by atoms with van der Waals surface area (Å²) in [5.74, 6) is 1.65. The van der Waals surface area contributed by atoms with Crippen LogP contribution in [-0.2, 0) is 11.3 Å². The van der Waals surface area contributed by atoms with E-state index in [1.54, 1.807) is 0 Å². The molecular weight excluding hydrogens is 460 g/mol. The first-order valence-corrected chi connectivity index (χ1v) is 12.3. The SMILES string of the molecule is Cc1nnc2n1-c1ccc(-c3cnn(CCCCCC=O)c3)cc1C(c1ccc(Cl)cc1)=N[C@H]2C. The summed E-state index contributed by atoms with van der Waals surface area (Å²) in [6.45, 7) is 4.84. The highest BCUT2D eigenvalue weighted by Crippen LogP contribution is 2.33. The molecule has 0 N–H and O–H groups in total. The Hall–Kier alpha value is -3.58. The second-order valence-electron chi connectivity index (χ2n) is 8.84. The Balaban J connectivity index is 1.54. The number of aromatic nitrogens is 5. The molecule has 0 saturated heterocycles. The summed E-state index contributed by atoms with van der Waals surface area (Å²) in [6, 6.07) is 14.0. The number of carbonyl (C=O) groups is 1. The molecule has 8 heteroatoms. The summed E-state index contributed by atoms with van der Waals surface area (Å²) in [5, 5.41) is 14.0. The minimum absolute atomic E-state index is 0.153. The third kappa shape index (κ3) is 4.68. The average molecular weight is 487 g/mol. The van der Waals surface area contributed by atoms with Crippen LogP contribution < -0.4 is 0 Å². The minimum atomic E-state index is -0.153. The van der Waals surface area contributed by atoms with E-state index >= 15 is 0 Å². The molecule has 2 aromatic carbocycles. The van der Waals surface area contributed by atoms with Gasteiger partial charge in [-0.05, 0) is 56.5 Å². The van der Waals surface area contributed by atoms with Crippen molar-refractivity contribution in [2.75, 3.05) is 0 Å². The molecule has 1 aliphatic heterocycles. The van der Waals surface area contributed by atoms with Gasteiger partial charge in [0.05, 0.1) is 17.6 Å². The van der Waals surface area contributed by atoms with Crippen LogP contribution in [0.15, 0.2) is 59.9 Å². The van der Waals surface area contributed by atoms with E-state index in [9.17, 15) is 4.79 Å². The maximum absolute atomic E-state index is 10.5. The summed E-state index contributed by atoms with van der Waals surface area (Å²) in [4.78, 5) is 15.6. The van der Waals surface area contributed by atoms with E-state index in [2.05, 4.69) is 44.3 Å². The van der Waals surface area contributed by atoms with Crippen molar-refractivity contribution in [3.05, 3.63) is 82.7 Å². The fraction of sp³-hybridized carbons (Fsp3) is 0.296. The number of aryl methyl sites for hydroxylation is 2. The molecule has 178 valence electrons. The minimum Gasteiger partial charge on any atom is -0.303 e. The summed E-state index contributed by atoms with van der Waals surface area (Å²) < 4.78 is 4.07. The highest BCUT2D eigenvalue weighted by atomic mass is 35.5. The molecular formula is C27H27ClN6O. The predicted molar refractivity (Wildman–Crippen MR) is 137 cm³/mol. The van der Waals surface area contributed by atoms with Gasteiger partial charge < -0.3 is 4.79 Å². The number of fused-ring (bicyclic) bond motifs is 3. The molecule has 0 aliphatic carbocycles. The Morgan fingerprint density at radius 3 is 2.60 bits per heavy atom. The highest BCUT2D eigenvalue weighted by Gasteiger charge is 2.26. The van der Waals surface area contributed by atoms with Gasteiger partial charge in [-0.2, -0.15) is 5.10 Å². The largest absolute Gasteiger partial charge is 0.303 e. The van der Waals surface area contributed by atoms with Crippen LogP contribution in [-0.4, -0.2) is 36.5 Å². The van der Waals surface area contributed by atoms with E-state index in [0.717, 1.165) is 77.4 Å². The van der Waals surface area contributed by atoms with Crippen LogP contribution in [0.25, 0.3) is 16.8 Å². The molecule has 0 spiro atoms. The molecule has 1 aliphatic rings. The monoisotopic (exact) mass is 486 g/mol. The van der Waals surface area contributed by atoms with Gasteiger partial charge in [-0.15, -0.1) is 10.2 Å². The molecule has 0 bridgehead atoms. The van der Waals surface area contributed by atoms with Gasteiger partial charge in [0, 0.05) is 40.9 Å². The highest BCUT2D eigenvalue weighted by molar-refractivity contribution is 6.30. The quantitative estimate of drug-likeness (QED) is 0.234. The lowest BCUT2D eigenvalue weighted by Gasteiger charge is -2.14. The van der Waals surface area contributed by atoms with Crippen LogP contribution in [0.1, 0.15) is 61.4 Å². The number of unbranched alkanes of at least 4 members (excludes halogenated alkanes) is 3. The Kier molecular flexibility index (Phi) is 6.59. The van der Waals surface area contributed by atoms with Crippen molar-refractivity contribution in [3.63, 3.8) is 0 Å². The number of aliphatic imine (C=N–C) groups is 1. The maximum atomic E-state index is 10.5. The van der Waals surface area contributed by atoms with E-state index in [1.807, 2.05) is 49.0 Å². The van der Waals surface area contributed by atoms with Crippen molar-refractivity contribution in [3.8, 4) is 16.8 Å². The third-order valence-electron chi connectivity index (χ3n) is 6.33. The van der Waals surface area contributed by atoms with Crippen LogP contribution in [0.3, 0.4) is 0 Å². The second-order valence-corrected chi connectivity index (χ2v) is 9.28. The first-order chi connectivity index (χ1) is 17.0. The number of halogens is 1. The second kappa shape index (κ2) is 9.96. The van der Waals surface area contributed by atoms with Gasteiger partial charge in [0.15, 0.2) is 5.82 Å². The van der Waals surface area contributed by atoms with Crippen molar-refractivity contribution >= 4 is 23.6 Å². The summed E-state index contributed by atoms with van der Waals surface area (Å²) in [7, 11) is 0. The van der Waals surface area contributed by atoms with Gasteiger partial charge in [0.1, 0.15) is 18.2 Å². The zero-order chi connectivity index (χ0) is 24.4. The number of hydrogen-bond donors (Lipinski definition) is 0. The van der Waals surface area contributed by atoms with Crippen molar-refractivity contribution in [2.45, 2.75) is 52.1 Å². The fourth-order valence-corrected chi connectivity index (χ4v) is 4.65. The lowest BCUT2D eigenvalue weighted by Crippen LogP contribution is -2.08. The average Bonchev–Trinajstić information content (AvgIpc) is 3.46. The molecule has 5 rings (SSSR count). The number of carbonyl (C=O) groups excluding carboxylic acids is 1. The van der Waals surface area contributed by atoms with E-state index in [0.29, 0.717) is 11.4 Å². The van der Waals surface area contributed by atoms with Gasteiger partial charge in [-0.1, -0.05) is 36.2 Å². The molecule has 3 heterocycles. The number of hydrogen-bond acceptors (Lipinski definition) is 5. The maximum Gasteiger partial charge on any atom is 0.162 e. The van der Waals surface area contributed by atoms with Gasteiger partial charge in [-0.25, -0.2) is 0 Å². The molecule has 0 fully saturated rings. The summed E-state index contributed by atoms with van der Waals surface area (Å²) in [6.07, 6.45) is 8.54. The zero-order valence-corrected chi connectivity index (χ0v) is 20.6. The van der Waals surface area contributed by atoms with Crippen LogP contribution >= 0.6 is 11.6 Å². The van der Waals surface area contributed by atoms with Gasteiger partial charge in [0.25, 0.3) is 0 Å². The van der Waals surface area contributed by atoms with Gasteiger partial charge >= 0.3 is 0 Å². The first-order valence-electron chi connectivity index (χ1n) is 11.9. The van der Waals surface area contributed by atoms with Crippen molar-refractivity contribution in [1.29, 1.82) is 0 Å². The Morgan fingerprint density at radius 1 is 1.00 bits per heavy atom. The Bertz CT molecular complexity index is 1390. The molecule has 0 radical (unpaired) electrons. The lowest BCUT2D eigenvalue weighted by molar-refractivity contribution is -0.107. The molecule has 35 heavy (non-hydrogen) atoms. The summed E-state index contributed by atoms with van der Waals surface area (Å²) >= 11 is 6.17. The Labute approximate surface area is 209 Å². The smallest absolute Gasteiger partial charge is 0.162 e. The topological polar surface area (TPSA) is 78.0 Å². The Morgan fingerprint density at radius 2 is 1.80 bits per heavy atom. The molecule has 0 saturated carbocycles. The van der Waals surface area contributed by atoms with Gasteiger partial charge in [-0.3, -0.25) is 14.2 Å². The van der Waals surface area contributed by atoms with Crippen molar-refractivity contribution in [1.82, 2.24) is 24.5 Å². The van der Waals surface area contributed by atoms with Crippen molar-refractivity contribution in [2.24, 2.45) is 4.99 Å². The lowest BCUT2D eigenvalue weighted by atomic mass is 9.96. The van der Waals surface area contributed by atoms with Gasteiger partial charge in [0.2, 0.25) is 0 Å². The first kappa shape index (κ1) is 23.2. The molecule has 0 amide bonds. The molecule has 1 atom stereocenters. The predicted octanol–water partition coefficient (Wildman–Crippen LogP) is 5.76. The van der Waals surface area contributed by atoms with E-state index < -0.39 is 0 Å². The van der Waals surface area contributed by atoms with Crippen LogP contribution in [0.4, 0.5) is 0 Å². The molecule has 7 nitrogen and oxygen atoms in total. The van der Waals surface area contributed by atoms with E-state index in [4.69, 9.17) is 16.6 Å². The summed E-state index contributed by atoms with van der Waals surface area (Å²) in [5.41, 5.74) is 6.04. The third-order valence-corrected chi connectivity index (χ3v) is 6.58. The molecule has 0 unspecified atom stereocenters. The zero-order valence-electron chi connectivity index (χ0n) is 19.9. The molecule has 4 aromatic rings. The number of aldehydes is 1. The normalized spacial score (nSPS) is 14.7. The standard InChI is InChI=1S/C27H27ClN6O/c1-18-27-32-31-19(2)34(27)25-12-9-21(22-16-29-33(17-22)13-5-3-4-6-14-35)15-24(25)26(30-18)20-7-10-23(28)11-8-20/h7-12,14-18H,3-6,13H2,1-2H3/t18-/m0/s1. The van der Waals surface area contributed by atoms with Crippen LogP contribution in [0.2, 0.25) is 5.02 Å². The van der Waals surface area contributed by atoms with Crippen LogP contribution in [0.5, 0.6) is 0 Å². The van der Waals surface area contributed by atoms with Crippen LogP contribution in [0, 0.1) is 6.92 Å².